The molecule has 0 saturated heterocycles. The number of hydrogen-bond acceptors (Lipinski definition) is 2. The summed E-state index contributed by atoms with van der Waals surface area (Å²) in [6.07, 6.45) is 0. The molecule has 0 aliphatic rings. The van der Waals surface area contributed by atoms with E-state index in [1.165, 1.54) is 6.92 Å². The Balaban J connectivity index is 0. The van der Waals surface area contributed by atoms with Crippen molar-refractivity contribution in [3.8, 4) is 5.75 Å². The van der Waals surface area contributed by atoms with Crippen LogP contribution in [-0.2, 0) is 0 Å². The Labute approximate surface area is 93.3 Å². The van der Waals surface area contributed by atoms with Crippen molar-refractivity contribution < 1.29 is 9.53 Å². The van der Waals surface area contributed by atoms with Crippen LogP contribution >= 0.6 is 0 Å². The first kappa shape index (κ1) is 16.1. The van der Waals surface area contributed by atoms with E-state index in [-0.39, 0.29) is 5.78 Å². The highest BCUT2D eigenvalue weighted by molar-refractivity contribution is 5.94. The van der Waals surface area contributed by atoms with Crippen LogP contribution in [0.4, 0.5) is 0 Å². The molecule has 1 aromatic rings. The maximum absolute atomic E-state index is 10.9. The Bertz CT molecular complexity index is 267. The number of Topliss-reactive ketones (excluding diaryl/α,β-unsaturated/α-hetero) is 1. The van der Waals surface area contributed by atoms with E-state index in [1.54, 1.807) is 25.3 Å². The topological polar surface area (TPSA) is 26.3 Å². The van der Waals surface area contributed by atoms with Crippen molar-refractivity contribution >= 4 is 5.78 Å². The summed E-state index contributed by atoms with van der Waals surface area (Å²) >= 11 is 0. The first-order valence-electron chi connectivity index (χ1n) is 5.39. The number of rotatable bonds is 2. The summed E-state index contributed by atoms with van der Waals surface area (Å²) in [4.78, 5) is 10.9. The van der Waals surface area contributed by atoms with Gasteiger partial charge in [-0.2, -0.15) is 0 Å². The largest absolute Gasteiger partial charge is 0.497 e. The SMILES string of the molecule is CC.CC.COc1cccc(C(C)=O)c1. The van der Waals surface area contributed by atoms with Crippen LogP contribution < -0.4 is 4.74 Å². The van der Waals surface area contributed by atoms with E-state index in [1.807, 2.05) is 33.8 Å². The molecule has 0 N–H and O–H groups in total. The first-order valence-corrected chi connectivity index (χ1v) is 5.39. The van der Waals surface area contributed by atoms with Crippen molar-refractivity contribution in [2.75, 3.05) is 7.11 Å². The van der Waals surface area contributed by atoms with E-state index in [9.17, 15) is 4.79 Å². The van der Waals surface area contributed by atoms with E-state index < -0.39 is 0 Å². The van der Waals surface area contributed by atoms with E-state index in [0.717, 1.165) is 5.75 Å². The van der Waals surface area contributed by atoms with E-state index in [0.29, 0.717) is 5.56 Å². The summed E-state index contributed by atoms with van der Waals surface area (Å²) in [6.45, 7) is 9.54. The van der Waals surface area contributed by atoms with Crippen molar-refractivity contribution in [1.82, 2.24) is 0 Å². The predicted octanol–water partition coefficient (Wildman–Crippen LogP) is 3.95. The lowest BCUT2D eigenvalue weighted by Crippen LogP contribution is -1.92. The summed E-state index contributed by atoms with van der Waals surface area (Å²) in [7, 11) is 1.58. The van der Waals surface area contributed by atoms with Crippen molar-refractivity contribution in [3.63, 3.8) is 0 Å². The van der Waals surface area contributed by atoms with Crippen LogP contribution in [0.2, 0.25) is 0 Å². The van der Waals surface area contributed by atoms with Crippen LogP contribution in [0.5, 0.6) is 5.75 Å². The molecule has 0 unspecified atom stereocenters. The maximum Gasteiger partial charge on any atom is 0.159 e. The minimum absolute atomic E-state index is 0.0592. The summed E-state index contributed by atoms with van der Waals surface area (Å²) in [5.74, 6) is 0.779. The van der Waals surface area contributed by atoms with E-state index in [4.69, 9.17) is 4.74 Å². The van der Waals surface area contributed by atoms with Gasteiger partial charge in [-0.15, -0.1) is 0 Å². The molecule has 0 spiro atoms. The molecule has 1 rings (SSSR count). The smallest absolute Gasteiger partial charge is 0.159 e. The van der Waals surface area contributed by atoms with Gasteiger partial charge in [0.05, 0.1) is 7.11 Å². The monoisotopic (exact) mass is 210 g/mol. The quantitative estimate of drug-likeness (QED) is 0.691. The van der Waals surface area contributed by atoms with Crippen molar-refractivity contribution in [2.24, 2.45) is 0 Å². The highest BCUT2D eigenvalue weighted by Crippen LogP contribution is 2.12. The van der Waals surface area contributed by atoms with Gasteiger partial charge in [0.1, 0.15) is 5.75 Å². The number of ketones is 1. The molecule has 0 saturated carbocycles. The number of carbonyl (C=O) groups is 1. The van der Waals surface area contributed by atoms with Crippen LogP contribution in [-0.4, -0.2) is 12.9 Å². The van der Waals surface area contributed by atoms with Gasteiger partial charge in [-0.25, -0.2) is 0 Å². The minimum Gasteiger partial charge on any atom is -0.497 e. The van der Waals surface area contributed by atoms with Gasteiger partial charge in [0.25, 0.3) is 0 Å². The van der Waals surface area contributed by atoms with Gasteiger partial charge in [0, 0.05) is 5.56 Å². The standard InChI is InChI=1S/C9H10O2.2C2H6/c1-7(10)8-4-3-5-9(6-8)11-2;2*1-2/h3-6H,1-2H3;2*1-2H3. The Hall–Kier alpha value is -1.31. The molecule has 86 valence electrons. The molecule has 0 heterocycles. The molecular weight excluding hydrogens is 188 g/mol. The third-order valence-electron chi connectivity index (χ3n) is 1.48. The van der Waals surface area contributed by atoms with Gasteiger partial charge in [-0.3, -0.25) is 4.79 Å². The van der Waals surface area contributed by atoms with Gasteiger partial charge in [0.15, 0.2) is 5.78 Å². The lowest BCUT2D eigenvalue weighted by atomic mass is 10.1. The Morgan fingerprint density at radius 2 is 1.67 bits per heavy atom. The van der Waals surface area contributed by atoms with Crippen LogP contribution in [0.1, 0.15) is 45.0 Å². The highest BCUT2D eigenvalue weighted by Gasteiger charge is 1.98. The first-order chi connectivity index (χ1) is 7.24. The molecule has 0 aliphatic heterocycles. The molecule has 2 heteroatoms. The average Bonchev–Trinajstić information content (AvgIpc) is 2.34. The van der Waals surface area contributed by atoms with Gasteiger partial charge >= 0.3 is 0 Å². The fourth-order valence-electron chi connectivity index (χ4n) is 0.842. The molecule has 0 bridgehead atoms. The zero-order chi connectivity index (χ0) is 12.3. The number of ether oxygens (including phenoxy) is 1. The van der Waals surface area contributed by atoms with Crippen LogP contribution in [0.15, 0.2) is 24.3 Å². The fourth-order valence-corrected chi connectivity index (χ4v) is 0.842. The van der Waals surface area contributed by atoms with Crippen molar-refractivity contribution in [1.29, 1.82) is 0 Å². The normalized spacial score (nSPS) is 7.60. The highest BCUT2D eigenvalue weighted by atomic mass is 16.5. The molecule has 0 fully saturated rings. The summed E-state index contributed by atoms with van der Waals surface area (Å²) in [5.41, 5.74) is 0.685. The molecule has 0 amide bonds. The molecule has 0 aliphatic carbocycles. The molecular formula is C13H22O2. The summed E-state index contributed by atoms with van der Waals surface area (Å²) in [5, 5.41) is 0. The Kier molecular flexibility index (Phi) is 11.6. The lowest BCUT2D eigenvalue weighted by molar-refractivity contribution is 0.101. The Morgan fingerprint density at radius 1 is 1.13 bits per heavy atom. The third kappa shape index (κ3) is 6.72. The predicted molar refractivity (Wildman–Crippen MR) is 65.7 cm³/mol. The third-order valence-corrected chi connectivity index (χ3v) is 1.48. The lowest BCUT2D eigenvalue weighted by Gasteiger charge is -1.99. The molecule has 15 heavy (non-hydrogen) atoms. The second kappa shape index (κ2) is 10.8. The summed E-state index contributed by atoms with van der Waals surface area (Å²) in [6, 6.07) is 7.11. The van der Waals surface area contributed by atoms with Crippen LogP contribution in [0, 0.1) is 0 Å². The number of carbonyl (C=O) groups excluding carboxylic acids is 1. The average molecular weight is 210 g/mol. The minimum atomic E-state index is 0.0592. The molecule has 0 aromatic heterocycles. The Morgan fingerprint density at radius 3 is 2.07 bits per heavy atom. The molecule has 0 atom stereocenters. The van der Waals surface area contributed by atoms with Gasteiger partial charge in [-0.1, -0.05) is 39.8 Å². The number of benzene rings is 1. The van der Waals surface area contributed by atoms with Gasteiger partial charge in [-0.05, 0) is 19.1 Å². The van der Waals surface area contributed by atoms with E-state index in [2.05, 4.69) is 0 Å². The van der Waals surface area contributed by atoms with Crippen LogP contribution in [0.25, 0.3) is 0 Å². The molecule has 1 aromatic carbocycles. The number of hydrogen-bond donors (Lipinski definition) is 0. The zero-order valence-corrected chi connectivity index (χ0v) is 10.6. The van der Waals surface area contributed by atoms with Crippen molar-refractivity contribution in [3.05, 3.63) is 29.8 Å². The maximum atomic E-state index is 10.9. The fraction of sp³-hybridized carbons (Fsp3) is 0.462. The summed E-state index contributed by atoms with van der Waals surface area (Å²) < 4.78 is 4.95. The zero-order valence-electron chi connectivity index (χ0n) is 10.6. The van der Waals surface area contributed by atoms with Gasteiger partial charge < -0.3 is 4.74 Å². The molecule has 0 radical (unpaired) electrons. The van der Waals surface area contributed by atoms with Gasteiger partial charge in [0.2, 0.25) is 0 Å². The van der Waals surface area contributed by atoms with Crippen molar-refractivity contribution in [2.45, 2.75) is 34.6 Å². The molecule has 2 nitrogen and oxygen atoms in total. The second-order valence-corrected chi connectivity index (χ2v) is 2.29. The number of methoxy groups -OCH3 is 1. The second-order valence-electron chi connectivity index (χ2n) is 2.29. The van der Waals surface area contributed by atoms with E-state index >= 15 is 0 Å². The van der Waals surface area contributed by atoms with Crippen LogP contribution in [0.3, 0.4) is 0 Å².